The Labute approximate surface area is 863 Å². The molecule has 2 saturated heterocycles. The van der Waals surface area contributed by atoms with E-state index in [2.05, 4.69) is 175 Å². The normalized spacial score (nSPS) is 14.6. The Hall–Kier alpha value is -17.6. The maximum Gasteiger partial charge on any atom is 0.144 e. The van der Waals surface area contributed by atoms with E-state index in [0.29, 0.717) is 57.8 Å². The predicted octanol–water partition coefficient (Wildman–Crippen LogP) is 19.9. The van der Waals surface area contributed by atoms with E-state index in [1.807, 2.05) is 102 Å². The molecule has 21 aromatic rings. The Morgan fingerprint density at radius 2 is 0.680 bits per heavy atom. The van der Waals surface area contributed by atoms with Crippen LogP contribution in [0.2, 0.25) is 0 Å². The molecule has 0 bridgehead atoms. The van der Waals surface area contributed by atoms with E-state index in [1.165, 1.54) is 109 Å². The first-order valence-corrected chi connectivity index (χ1v) is 51.7. The minimum absolute atomic E-state index is 0.402. The number of fused-ring (bicyclic) bond motifs is 18. The van der Waals surface area contributed by atoms with Crippen molar-refractivity contribution in [1.82, 2.24) is 135 Å². The highest BCUT2D eigenvalue weighted by Crippen LogP contribution is 2.42. The fraction of sp³-hybridized carbons (Fsp3) is 0.342. The molecule has 3 saturated carbocycles. The van der Waals surface area contributed by atoms with Crippen LogP contribution in [0.5, 0.6) is 17.2 Å². The average Bonchev–Trinajstić information content (AvgIpc) is 1.68. The Balaban J connectivity index is 0.000000105. The maximum atomic E-state index is 9.69. The van der Waals surface area contributed by atoms with Crippen molar-refractivity contribution in [2.24, 2.45) is 44.8 Å². The third kappa shape index (κ3) is 21.4. The van der Waals surface area contributed by atoms with Gasteiger partial charge >= 0.3 is 0 Å². The van der Waals surface area contributed by atoms with Crippen LogP contribution in [0, 0.1) is 91.7 Å². The summed E-state index contributed by atoms with van der Waals surface area (Å²) in [5.74, 6) is 5.03. The van der Waals surface area contributed by atoms with E-state index >= 15 is 0 Å². The molecular formula is C114H113N33O3. The molecule has 5 aliphatic rings. The molecule has 36 heteroatoms. The van der Waals surface area contributed by atoms with Crippen LogP contribution in [0.3, 0.4) is 0 Å². The molecule has 5 fully saturated rings. The van der Waals surface area contributed by atoms with E-state index in [4.69, 9.17) is 30.0 Å². The number of nitrogens with one attached hydrogen (secondary N) is 8. The number of piperidine rings is 1. The van der Waals surface area contributed by atoms with Crippen LogP contribution in [0.15, 0.2) is 166 Å². The lowest BCUT2D eigenvalue weighted by Crippen LogP contribution is -2.28. The van der Waals surface area contributed by atoms with Crippen LogP contribution in [0.4, 0.5) is 0 Å². The molecule has 26 rings (SSSR count). The third-order valence-corrected chi connectivity index (χ3v) is 29.6. The fourth-order valence-corrected chi connectivity index (χ4v) is 21.9. The van der Waals surface area contributed by atoms with Crippen molar-refractivity contribution in [3.63, 3.8) is 0 Å². The first-order valence-electron chi connectivity index (χ1n) is 51.7. The van der Waals surface area contributed by atoms with E-state index < -0.39 is 0 Å². The minimum Gasteiger partial charge on any atom is -0.492 e. The van der Waals surface area contributed by atoms with E-state index in [9.17, 15) is 15.8 Å². The van der Waals surface area contributed by atoms with Gasteiger partial charge in [0.05, 0.1) is 125 Å². The molecule has 21 aromatic heterocycles. The Kier molecular flexibility index (Phi) is 29.7. The van der Waals surface area contributed by atoms with Gasteiger partial charge in [-0.25, -0.2) is 59.8 Å². The number of aromatic amines is 6. The molecule has 0 radical (unpaired) electrons. The number of hydrogen-bond acceptors (Lipinski definition) is 27. The quantitative estimate of drug-likeness (QED) is 0.0292. The molecule has 8 N–H and O–H groups in total. The van der Waals surface area contributed by atoms with E-state index in [-0.39, 0.29) is 0 Å². The molecule has 752 valence electrons. The molecule has 0 atom stereocenters. The number of nitrogens with zero attached hydrogens (tertiary/aromatic N) is 25. The van der Waals surface area contributed by atoms with Crippen LogP contribution >= 0.6 is 0 Å². The number of hydrogen-bond donors (Lipinski definition) is 8. The first kappa shape index (κ1) is 98.5. The summed E-state index contributed by atoms with van der Waals surface area (Å²) in [7, 11) is 7.64. The van der Waals surface area contributed by atoms with Gasteiger partial charge < -0.3 is 59.6 Å². The number of likely N-dealkylation sites (tertiary alicyclic amines) is 1. The van der Waals surface area contributed by atoms with Gasteiger partial charge in [0.15, 0.2) is 0 Å². The summed E-state index contributed by atoms with van der Waals surface area (Å²) >= 11 is 0. The number of H-pyrrole nitrogens is 6. The number of nitriles is 6. The molecule has 23 heterocycles. The zero-order valence-corrected chi connectivity index (χ0v) is 84.2. The zero-order chi connectivity index (χ0) is 103. The van der Waals surface area contributed by atoms with Gasteiger partial charge in [-0.2, -0.15) is 46.9 Å². The topological polar surface area (TPSA) is 501 Å². The van der Waals surface area contributed by atoms with E-state index in [1.54, 1.807) is 88.0 Å². The molecule has 36 nitrogen and oxygen atoms in total. The molecule has 2 aliphatic heterocycles. The SMILES string of the molecule is CNCCCc1c(C#N)ncc2[nH]c3ncc(-c4cnn(C)c4)cc3c12.Cn1cc(-c2cnc3[nH]c4cnc(C#N)c(CC5CCNCC5)c4c3c2)cn1.Cn1cc(-c2cnc3[nH]c4cnc(C#N)c(CCCN5CCCC5)c4c3c2)cn1.N#Cc1cc2c(cn1)[nH]c1nccc(OCC3CCCC3)c12.N#Cc1cc2c(cn1)[nH]c1nccc(OCC3CCCC3)c12.N#Cc1cc2c(cn1)[nH]c1nccc(OCC3CCCCC3)c12. The van der Waals surface area contributed by atoms with Crippen LogP contribution in [0.1, 0.15) is 173 Å². The number of pyridine rings is 12. The van der Waals surface area contributed by atoms with Gasteiger partial charge in [0.1, 0.15) is 122 Å². The number of ether oxygens (including phenoxy) is 3. The minimum atomic E-state index is 0.402. The highest BCUT2D eigenvalue weighted by atomic mass is 16.5. The van der Waals surface area contributed by atoms with Crippen molar-refractivity contribution in [3.8, 4) is 87.0 Å². The summed E-state index contributed by atoms with van der Waals surface area (Å²) in [4.78, 5) is 74.7. The van der Waals surface area contributed by atoms with Crippen LogP contribution in [-0.4, -0.2) is 190 Å². The molecule has 0 aromatic carbocycles. The van der Waals surface area contributed by atoms with Gasteiger partial charge in [-0.1, -0.05) is 44.9 Å². The summed E-state index contributed by atoms with van der Waals surface area (Å²) in [6.07, 6.45) is 58.6. The summed E-state index contributed by atoms with van der Waals surface area (Å²) in [5, 5.41) is 87.3. The lowest BCUT2D eigenvalue weighted by Gasteiger charge is -2.23. The Bertz CT molecular complexity index is 8650. The van der Waals surface area contributed by atoms with Crippen LogP contribution < -0.4 is 24.8 Å². The molecule has 0 amide bonds. The molecule has 3 aliphatic carbocycles. The first-order chi connectivity index (χ1) is 73.7. The predicted molar refractivity (Wildman–Crippen MR) is 576 cm³/mol. The van der Waals surface area contributed by atoms with Gasteiger partial charge in [-0.3, -0.25) is 14.0 Å². The zero-order valence-electron chi connectivity index (χ0n) is 84.2. The van der Waals surface area contributed by atoms with Gasteiger partial charge in [0.25, 0.3) is 0 Å². The van der Waals surface area contributed by atoms with Crippen LogP contribution in [0.25, 0.3) is 165 Å². The van der Waals surface area contributed by atoms with Crippen molar-refractivity contribution in [2.75, 3.05) is 66.1 Å². The smallest absolute Gasteiger partial charge is 0.144 e. The molecule has 0 spiro atoms. The lowest BCUT2D eigenvalue weighted by molar-refractivity contribution is 0.210. The second-order valence-corrected chi connectivity index (χ2v) is 39.5. The maximum absolute atomic E-state index is 9.69. The van der Waals surface area contributed by atoms with E-state index in [0.717, 1.165) is 290 Å². The molecule has 0 unspecified atom stereocenters. The van der Waals surface area contributed by atoms with Gasteiger partial charge in [0, 0.05) is 159 Å². The molecule has 150 heavy (non-hydrogen) atoms. The summed E-state index contributed by atoms with van der Waals surface area (Å²) in [6, 6.07) is 30.6. The highest BCUT2D eigenvalue weighted by Gasteiger charge is 2.28. The van der Waals surface area contributed by atoms with Crippen LogP contribution in [-0.2, 0) is 40.4 Å². The second-order valence-electron chi connectivity index (χ2n) is 39.5. The third-order valence-electron chi connectivity index (χ3n) is 29.6. The lowest BCUT2D eigenvalue weighted by atomic mass is 9.88. The van der Waals surface area contributed by atoms with Gasteiger partial charge in [-0.15, -0.1) is 0 Å². The highest BCUT2D eigenvalue weighted by molar-refractivity contribution is 6.14. The summed E-state index contributed by atoms with van der Waals surface area (Å²) < 4.78 is 23.6. The average molecular weight is 1990 g/mol. The van der Waals surface area contributed by atoms with Crippen molar-refractivity contribution < 1.29 is 14.2 Å². The van der Waals surface area contributed by atoms with Crippen molar-refractivity contribution in [2.45, 2.75) is 141 Å². The molecular weight excluding hydrogens is 1880 g/mol. The van der Waals surface area contributed by atoms with Crippen molar-refractivity contribution >= 4 is 132 Å². The van der Waals surface area contributed by atoms with Gasteiger partial charge in [-0.05, 0) is 238 Å². The number of rotatable bonds is 22. The standard InChI is InChI=1S/C22H23N7.C21H21N7.C19H19N7.C18H18N4O.2C17H16N4O/c1-28-14-16(12-26-28)15-9-18-21-17(5-4-8-29-6-2-3-7-29)19(10-23)24-13-20(21)27-22(18)25-11-15;1-28-12-15(10-26-28)14-7-17-20-16(6-13-2-4-23-5-3-13)18(8-22)24-11-19(20)27-21(17)25-9-14;1-21-5-3-4-14-16(7-20)22-10-17-18(14)15-6-12(8-23-19(15)25-17)13-9-24-26(2)11-13;19-9-13-8-14-15(10-21-13)22-18-17(14)16(6-7-20-18)23-11-12-4-2-1-3-5-12;2*18-8-12-7-13-14(9-20-12)21-17-16(13)15(5-6-19-17)22-10-11-3-1-2-4-11/h9,11-14H,2-8H2,1H3,(H,25,27);7,9-13,23H,2-6H2,1H3,(H,25,27);6,8-11,21H,3-5H2,1-2H3,(H,23,25);6-8,10,12H,1-5,11H2,(H,20,22);2*5-7,9,11H,1-4,10H2,(H,19,21). The Morgan fingerprint density at radius 1 is 0.333 bits per heavy atom. The number of aryl methyl sites for hydroxylation is 5. The second kappa shape index (κ2) is 45.2. The van der Waals surface area contributed by atoms with Gasteiger partial charge in [0.2, 0.25) is 0 Å². The van der Waals surface area contributed by atoms with Crippen molar-refractivity contribution in [3.05, 3.63) is 217 Å². The summed E-state index contributed by atoms with van der Waals surface area (Å²) in [6.45, 7) is 8.68. The Morgan fingerprint density at radius 3 is 1.03 bits per heavy atom. The summed E-state index contributed by atoms with van der Waals surface area (Å²) in [5.41, 5.74) is 22.1. The monoisotopic (exact) mass is 1990 g/mol. The largest absolute Gasteiger partial charge is 0.492 e. The number of aromatic nitrogens is 24. The fourth-order valence-electron chi connectivity index (χ4n) is 21.9. The van der Waals surface area contributed by atoms with Crippen molar-refractivity contribution in [1.29, 1.82) is 31.6 Å².